The maximum atomic E-state index is 12.1. The van der Waals surface area contributed by atoms with Gasteiger partial charge in [-0.25, -0.2) is 0 Å². The third kappa shape index (κ3) is 2.70. The molecule has 1 aliphatic rings. The van der Waals surface area contributed by atoms with E-state index in [1.165, 1.54) is 0 Å². The molecule has 0 spiro atoms. The molecule has 1 aromatic carbocycles. The van der Waals surface area contributed by atoms with Gasteiger partial charge < -0.3 is 10.6 Å². The summed E-state index contributed by atoms with van der Waals surface area (Å²) in [6, 6.07) is 9.11. The zero-order valence-corrected chi connectivity index (χ0v) is 10.7. The van der Waals surface area contributed by atoms with Gasteiger partial charge in [0.1, 0.15) is 0 Å². The lowest BCUT2D eigenvalue weighted by Gasteiger charge is -2.31. The van der Waals surface area contributed by atoms with E-state index in [0.717, 1.165) is 0 Å². The lowest BCUT2D eigenvalue weighted by Crippen LogP contribution is -2.49. The molecule has 0 aliphatic carbocycles. The molecule has 96 valence electrons. The second-order valence-electron chi connectivity index (χ2n) is 5.25. The van der Waals surface area contributed by atoms with Crippen molar-refractivity contribution >= 4 is 11.8 Å². The Labute approximate surface area is 107 Å². The molecule has 0 radical (unpaired) electrons. The normalized spacial score (nSPS) is 19.4. The van der Waals surface area contributed by atoms with Gasteiger partial charge in [-0.1, -0.05) is 18.2 Å². The summed E-state index contributed by atoms with van der Waals surface area (Å²) < 4.78 is 0. The molecule has 4 nitrogen and oxygen atoms in total. The van der Waals surface area contributed by atoms with Crippen molar-refractivity contribution in [3.63, 3.8) is 0 Å². The van der Waals surface area contributed by atoms with Crippen molar-refractivity contribution in [3.8, 4) is 0 Å². The molecular weight excluding hydrogens is 228 g/mol. The van der Waals surface area contributed by atoms with Crippen molar-refractivity contribution in [1.82, 2.24) is 10.6 Å². The van der Waals surface area contributed by atoms with Gasteiger partial charge in [0.05, 0.1) is 0 Å². The molecule has 1 atom stereocenters. The minimum Gasteiger partial charge on any atom is -0.356 e. The Balaban J connectivity index is 2.04. The van der Waals surface area contributed by atoms with Gasteiger partial charge in [0, 0.05) is 30.0 Å². The summed E-state index contributed by atoms with van der Waals surface area (Å²) in [6.07, 6.45) is 0.474. The maximum Gasteiger partial charge on any atom is 0.251 e. The SMILES string of the molecule is CC(C)(NC(=O)c1ccccc1)C1CNC(=O)C1. The molecular formula is C14H18N2O2. The molecule has 4 heteroatoms. The highest BCUT2D eigenvalue weighted by molar-refractivity contribution is 5.94. The highest BCUT2D eigenvalue weighted by Gasteiger charge is 2.36. The van der Waals surface area contributed by atoms with Crippen LogP contribution in [0.1, 0.15) is 30.6 Å². The Kier molecular flexibility index (Phi) is 3.36. The number of benzene rings is 1. The fraction of sp³-hybridized carbons (Fsp3) is 0.429. The number of rotatable bonds is 3. The van der Waals surface area contributed by atoms with Gasteiger partial charge in [0.2, 0.25) is 5.91 Å². The fourth-order valence-electron chi connectivity index (χ4n) is 2.17. The van der Waals surface area contributed by atoms with Gasteiger partial charge in [0.15, 0.2) is 0 Å². The summed E-state index contributed by atoms with van der Waals surface area (Å²) in [7, 11) is 0. The summed E-state index contributed by atoms with van der Waals surface area (Å²) >= 11 is 0. The molecule has 18 heavy (non-hydrogen) atoms. The van der Waals surface area contributed by atoms with Crippen LogP contribution < -0.4 is 10.6 Å². The molecule has 0 aromatic heterocycles. The maximum absolute atomic E-state index is 12.1. The first kappa shape index (κ1) is 12.6. The van der Waals surface area contributed by atoms with Crippen molar-refractivity contribution in [2.45, 2.75) is 25.8 Å². The summed E-state index contributed by atoms with van der Waals surface area (Å²) in [6.45, 7) is 4.54. The summed E-state index contributed by atoms with van der Waals surface area (Å²) in [5.74, 6) is 0.0969. The summed E-state index contributed by atoms with van der Waals surface area (Å²) in [5, 5.41) is 5.80. The number of carbonyl (C=O) groups is 2. The lowest BCUT2D eigenvalue weighted by atomic mass is 9.86. The second kappa shape index (κ2) is 4.80. The van der Waals surface area contributed by atoms with Gasteiger partial charge >= 0.3 is 0 Å². The third-order valence-corrected chi connectivity index (χ3v) is 3.47. The monoisotopic (exact) mass is 246 g/mol. The zero-order chi connectivity index (χ0) is 13.2. The second-order valence-corrected chi connectivity index (χ2v) is 5.25. The van der Waals surface area contributed by atoms with Crippen LogP contribution in [0, 0.1) is 5.92 Å². The van der Waals surface area contributed by atoms with Gasteiger partial charge in [-0.15, -0.1) is 0 Å². The van der Waals surface area contributed by atoms with E-state index in [1.807, 2.05) is 32.0 Å². The molecule has 2 rings (SSSR count). The first-order valence-electron chi connectivity index (χ1n) is 6.13. The minimum absolute atomic E-state index is 0.0574. The Morgan fingerprint density at radius 3 is 2.56 bits per heavy atom. The molecule has 1 unspecified atom stereocenters. The molecule has 1 aliphatic heterocycles. The zero-order valence-electron chi connectivity index (χ0n) is 10.7. The number of amides is 2. The topological polar surface area (TPSA) is 58.2 Å². The predicted octanol–water partition coefficient (Wildman–Crippen LogP) is 1.33. The summed E-state index contributed by atoms with van der Waals surface area (Å²) in [4.78, 5) is 23.3. The molecule has 2 amide bonds. The summed E-state index contributed by atoms with van der Waals surface area (Å²) in [5.41, 5.74) is 0.245. The van der Waals surface area contributed by atoms with E-state index in [4.69, 9.17) is 0 Å². The van der Waals surface area contributed by atoms with Crippen LogP contribution in [0.5, 0.6) is 0 Å². The molecule has 2 N–H and O–H groups in total. The fourth-order valence-corrected chi connectivity index (χ4v) is 2.17. The van der Waals surface area contributed by atoms with Crippen molar-refractivity contribution in [3.05, 3.63) is 35.9 Å². The first-order valence-corrected chi connectivity index (χ1v) is 6.13. The van der Waals surface area contributed by atoms with Gasteiger partial charge in [-0.3, -0.25) is 9.59 Å². The molecule has 1 fully saturated rings. The number of carbonyl (C=O) groups excluding carboxylic acids is 2. The average molecular weight is 246 g/mol. The smallest absolute Gasteiger partial charge is 0.251 e. The van der Waals surface area contributed by atoms with Crippen LogP contribution in [0.25, 0.3) is 0 Å². The lowest BCUT2D eigenvalue weighted by molar-refractivity contribution is -0.119. The largest absolute Gasteiger partial charge is 0.356 e. The molecule has 1 aromatic rings. The molecule has 1 saturated heterocycles. The van der Waals surface area contributed by atoms with Crippen molar-refractivity contribution in [2.75, 3.05) is 6.54 Å². The third-order valence-electron chi connectivity index (χ3n) is 3.47. The molecule has 0 bridgehead atoms. The van der Waals surface area contributed by atoms with E-state index in [9.17, 15) is 9.59 Å². The van der Waals surface area contributed by atoms with E-state index in [-0.39, 0.29) is 17.7 Å². The highest BCUT2D eigenvalue weighted by atomic mass is 16.2. The van der Waals surface area contributed by atoms with Crippen molar-refractivity contribution < 1.29 is 9.59 Å². The van der Waals surface area contributed by atoms with Crippen LogP contribution in [0.4, 0.5) is 0 Å². The van der Waals surface area contributed by atoms with Gasteiger partial charge in [-0.05, 0) is 26.0 Å². The van der Waals surface area contributed by atoms with E-state index in [2.05, 4.69) is 10.6 Å². The van der Waals surface area contributed by atoms with E-state index in [0.29, 0.717) is 18.5 Å². The average Bonchev–Trinajstić information content (AvgIpc) is 2.77. The van der Waals surface area contributed by atoms with E-state index < -0.39 is 5.54 Å². The van der Waals surface area contributed by atoms with E-state index in [1.54, 1.807) is 12.1 Å². The van der Waals surface area contributed by atoms with Crippen LogP contribution >= 0.6 is 0 Å². The van der Waals surface area contributed by atoms with Crippen molar-refractivity contribution in [2.24, 2.45) is 5.92 Å². The van der Waals surface area contributed by atoms with Crippen LogP contribution in [-0.2, 0) is 4.79 Å². The molecule has 0 saturated carbocycles. The molecule has 1 heterocycles. The number of hydrogen-bond donors (Lipinski definition) is 2. The van der Waals surface area contributed by atoms with Gasteiger partial charge in [0.25, 0.3) is 5.91 Å². The standard InChI is InChI=1S/C14H18N2O2/c1-14(2,11-8-12(17)15-9-11)16-13(18)10-6-4-3-5-7-10/h3-7,11H,8-9H2,1-2H3,(H,15,17)(H,16,18). The van der Waals surface area contributed by atoms with Gasteiger partial charge in [-0.2, -0.15) is 0 Å². The quantitative estimate of drug-likeness (QED) is 0.845. The minimum atomic E-state index is -0.397. The Morgan fingerprint density at radius 1 is 1.33 bits per heavy atom. The van der Waals surface area contributed by atoms with Crippen LogP contribution in [0.2, 0.25) is 0 Å². The first-order chi connectivity index (χ1) is 8.49. The van der Waals surface area contributed by atoms with Crippen LogP contribution in [-0.4, -0.2) is 23.9 Å². The highest BCUT2D eigenvalue weighted by Crippen LogP contribution is 2.23. The van der Waals surface area contributed by atoms with Crippen LogP contribution in [0.3, 0.4) is 0 Å². The van der Waals surface area contributed by atoms with Crippen molar-refractivity contribution in [1.29, 1.82) is 0 Å². The Hall–Kier alpha value is -1.84. The number of hydrogen-bond acceptors (Lipinski definition) is 2. The predicted molar refractivity (Wildman–Crippen MR) is 69.1 cm³/mol. The number of nitrogens with one attached hydrogen (secondary N) is 2. The van der Waals surface area contributed by atoms with Crippen LogP contribution in [0.15, 0.2) is 30.3 Å². The van der Waals surface area contributed by atoms with E-state index >= 15 is 0 Å². The Bertz CT molecular complexity index is 454. The Morgan fingerprint density at radius 2 is 2.00 bits per heavy atom.